The van der Waals surface area contributed by atoms with E-state index in [1.165, 1.54) is 16.4 Å². The first kappa shape index (κ1) is 24.1. The largest absolute Gasteiger partial charge is 0.367 e. The van der Waals surface area contributed by atoms with Gasteiger partial charge in [-0.3, -0.25) is 9.78 Å². The first-order valence-corrected chi connectivity index (χ1v) is 13.9. The molecule has 0 saturated carbocycles. The predicted octanol–water partition coefficient (Wildman–Crippen LogP) is 3.89. The number of piperidine rings is 1. The molecule has 3 aromatic rings. The molecule has 2 fully saturated rings. The number of sulfonamides is 1. The van der Waals surface area contributed by atoms with E-state index in [2.05, 4.69) is 25.8 Å². The van der Waals surface area contributed by atoms with Crippen molar-refractivity contribution in [2.75, 3.05) is 44.2 Å². The summed E-state index contributed by atoms with van der Waals surface area (Å²) >= 11 is 3.33. The maximum absolute atomic E-state index is 13.6. The molecular weight excluding hydrogens is 535 g/mol. The number of aromatic nitrogens is 1. The molecule has 0 aliphatic carbocycles. The second kappa shape index (κ2) is 9.83. The van der Waals surface area contributed by atoms with Crippen LogP contribution in [0.25, 0.3) is 10.9 Å². The Kier molecular flexibility index (Phi) is 6.78. The SMILES string of the molecule is O=C(C1CCN(S(=O)(=O)c2ccc(Br)cc2)CC1)N1CCN(c2ccnc3cc(F)ccc23)CC1. The Bertz CT molecular complexity index is 1340. The molecule has 2 aliphatic heterocycles. The number of carbonyl (C=O) groups is 1. The Morgan fingerprint density at radius 1 is 0.943 bits per heavy atom. The van der Waals surface area contributed by atoms with Gasteiger partial charge in [0.15, 0.2) is 0 Å². The quantitative estimate of drug-likeness (QED) is 0.484. The molecule has 35 heavy (non-hydrogen) atoms. The molecule has 0 spiro atoms. The Morgan fingerprint density at radius 2 is 1.63 bits per heavy atom. The average Bonchev–Trinajstić information content (AvgIpc) is 2.88. The number of carbonyl (C=O) groups excluding carboxylic acids is 1. The van der Waals surface area contributed by atoms with Crippen molar-refractivity contribution in [1.29, 1.82) is 0 Å². The summed E-state index contributed by atoms with van der Waals surface area (Å²) in [7, 11) is -3.56. The third-order valence-corrected chi connectivity index (χ3v) is 9.31. The normalized spacial score (nSPS) is 18.2. The highest BCUT2D eigenvalue weighted by Crippen LogP contribution is 2.29. The number of anilines is 1. The number of fused-ring (bicyclic) bond motifs is 1. The minimum absolute atomic E-state index is 0.104. The molecule has 5 rings (SSSR count). The van der Waals surface area contributed by atoms with Gasteiger partial charge in [-0.2, -0.15) is 4.31 Å². The summed E-state index contributed by atoms with van der Waals surface area (Å²) in [6.07, 6.45) is 2.73. The molecule has 7 nitrogen and oxygen atoms in total. The summed E-state index contributed by atoms with van der Waals surface area (Å²) in [6, 6.07) is 13.2. The molecule has 1 aromatic heterocycles. The lowest BCUT2D eigenvalue weighted by Gasteiger charge is -2.39. The molecule has 0 unspecified atom stereocenters. The van der Waals surface area contributed by atoms with Crippen LogP contribution in [0.4, 0.5) is 10.1 Å². The number of pyridine rings is 1. The zero-order valence-electron chi connectivity index (χ0n) is 19.1. The van der Waals surface area contributed by atoms with Gasteiger partial charge in [-0.1, -0.05) is 15.9 Å². The van der Waals surface area contributed by atoms with Crippen LogP contribution in [-0.4, -0.2) is 67.8 Å². The van der Waals surface area contributed by atoms with Gasteiger partial charge in [0.1, 0.15) is 5.82 Å². The Balaban J connectivity index is 1.18. The highest BCUT2D eigenvalue weighted by Gasteiger charge is 2.34. The van der Waals surface area contributed by atoms with Crippen molar-refractivity contribution < 1.29 is 17.6 Å². The van der Waals surface area contributed by atoms with Crippen molar-refractivity contribution >= 4 is 48.5 Å². The number of benzene rings is 2. The molecule has 10 heteroatoms. The first-order valence-electron chi connectivity index (χ1n) is 11.7. The van der Waals surface area contributed by atoms with Gasteiger partial charge in [-0.25, -0.2) is 12.8 Å². The van der Waals surface area contributed by atoms with Gasteiger partial charge >= 0.3 is 0 Å². The first-order chi connectivity index (χ1) is 16.8. The molecule has 0 N–H and O–H groups in total. The average molecular weight is 561 g/mol. The fourth-order valence-corrected chi connectivity index (χ4v) is 6.64. The predicted molar refractivity (Wildman–Crippen MR) is 136 cm³/mol. The zero-order chi connectivity index (χ0) is 24.6. The molecule has 0 radical (unpaired) electrons. The van der Waals surface area contributed by atoms with Crippen LogP contribution in [0.15, 0.2) is 64.1 Å². The second-order valence-corrected chi connectivity index (χ2v) is 11.8. The second-order valence-electron chi connectivity index (χ2n) is 8.94. The van der Waals surface area contributed by atoms with Crippen LogP contribution in [0.5, 0.6) is 0 Å². The Morgan fingerprint density at radius 3 is 2.31 bits per heavy atom. The van der Waals surface area contributed by atoms with Crippen LogP contribution in [-0.2, 0) is 14.8 Å². The molecule has 2 aromatic carbocycles. The lowest BCUT2D eigenvalue weighted by Crippen LogP contribution is -2.52. The van der Waals surface area contributed by atoms with E-state index in [0.717, 1.165) is 15.5 Å². The van der Waals surface area contributed by atoms with Gasteiger partial charge < -0.3 is 9.80 Å². The van der Waals surface area contributed by atoms with Crippen LogP contribution >= 0.6 is 15.9 Å². The number of halogens is 2. The monoisotopic (exact) mass is 560 g/mol. The fourth-order valence-electron chi connectivity index (χ4n) is 4.91. The van der Waals surface area contributed by atoms with Gasteiger partial charge in [-0.05, 0) is 55.3 Å². The van der Waals surface area contributed by atoms with Crippen LogP contribution in [0.2, 0.25) is 0 Å². The van der Waals surface area contributed by atoms with E-state index in [1.807, 2.05) is 11.0 Å². The number of amides is 1. The van der Waals surface area contributed by atoms with E-state index in [4.69, 9.17) is 0 Å². The Hall–Kier alpha value is -2.56. The van der Waals surface area contributed by atoms with Gasteiger partial charge in [-0.15, -0.1) is 0 Å². The van der Waals surface area contributed by atoms with E-state index in [1.54, 1.807) is 36.5 Å². The van der Waals surface area contributed by atoms with Gasteiger partial charge in [0, 0.05) is 73.0 Å². The minimum atomic E-state index is -3.56. The summed E-state index contributed by atoms with van der Waals surface area (Å²) in [6.45, 7) is 3.24. The third-order valence-electron chi connectivity index (χ3n) is 6.87. The maximum Gasteiger partial charge on any atom is 0.243 e. The summed E-state index contributed by atoms with van der Waals surface area (Å²) in [5, 5.41) is 0.896. The summed E-state index contributed by atoms with van der Waals surface area (Å²) < 4.78 is 41.8. The Labute approximate surface area is 212 Å². The lowest BCUT2D eigenvalue weighted by molar-refractivity contribution is -0.137. The molecule has 1 amide bonds. The number of rotatable bonds is 4. The van der Waals surface area contributed by atoms with E-state index >= 15 is 0 Å². The zero-order valence-corrected chi connectivity index (χ0v) is 21.5. The lowest BCUT2D eigenvalue weighted by atomic mass is 9.96. The third kappa shape index (κ3) is 4.92. The molecule has 3 heterocycles. The van der Waals surface area contributed by atoms with Crippen LogP contribution in [0.3, 0.4) is 0 Å². The number of piperazine rings is 1. The van der Waals surface area contributed by atoms with E-state index in [9.17, 15) is 17.6 Å². The van der Waals surface area contributed by atoms with Crippen molar-refractivity contribution in [2.45, 2.75) is 17.7 Å². The molecule has 2 aliphatic rings. The molecule has 0 atom stereocenters. The van der Waals surface area contributed by atoms with Crippen LogP contribution < -0.4 is 4.90 Å². The van der Waals surface area contributed by atoms with Crippen LogP contribution in [0.1, 0.15) is 12.8 Å². The topological polar surface area (TPSA) is 73.8 Å². The molecular formula is C25H26BrFN4O3S. The standard InChI is InChI=1S/C25H26BrFN4O3S/c26-19-1-4-21(5-2-19)35(33,34)31-11-8-18(9-12-31)25(32)30-15-13-29(14-16-30)24-7-10-28-23-17-20(27)3-6-22(23)24/h1-7,10,17-18H,8-9,11-16H2. The molecule has 0 bridgehead atoms. The van der Waals surface area contributed by atoms with Gasteiger partial charge in [0.2, 0.25) is 15.9 Å². The van der Waals surface area contributed by atoms with Crippen molar-refractivity contribution in [3.8, 4) is 0 Å². The van der Waals surface area contributed by atoms with Crippen molar-refractivity contribution in [1.82, 2.24) is 14.2 Å². The summed E-state index contributed by atoms with van der Waals surface area (Å²) in [5.74, 6) is -0.372. The summed E-state index contributed by atoms with van der Waals surface area (Å²) in [5.41, 5.74) is 1.61. The van der Waals surface area contributed by atoms with E-state index in [0.29, 0.717) is 57.6 Å². The highest BCUT2D eigenvalue weighted by molar-refractivity contribution is 9.10. The van der Waals surface area contributed by atoms with Crippen molar-refractivity contribution in [3.05, 3.63) is 65.0 Å². The fraction of sp³-hybridized carbons (Fsp3) is 0.360. The maximum atomic E-state index is 13.6. The number of hydrogen-bond donors (Lipinski definition) is 0. The summed E-state index contributed by atoms with van der Waals surface area (Å²) in [4.78, 5) is 21.8. The van der Waals surface area contributed by atoms with Gasteiger partial charge in [0.05, 0.1) is 10.4 Å². The van der Waals surface area contributed by atoms with Crippen molar-refractivity contribution in [3.63, 3.8) is 0 Å². The highest BCUT2D eigenvalue weighted by atomic mass is 79.9. The molecule has 184 valence electrons. The number of hydrogen-bond acceptors (Lipinski definition) is 5. The van der Waals surface area contributed by atoms with E-state index in [-0.39, 0.29) is 22.5 Å². The smallest absolute Gasteiger partial charge is 0.243 e. The number of nitrogens with zero attached hydrogens (tertiary/aromatic N) is 4. The van der Waals surface area contributed by atoms with Crippen molar-refractivity contribution in [2.24, 2.45) is 5.92 Å². The molecule has 2 saturated heterocycles. The van der Waals surface area contributed by atoms with Crippen LogP contribution in [0, 0.1) is 11.7 Å². The van der Waals surface area contributed by atoms with Gasteiger partial charge in [0.25, 0.3) is 0 Å². The van der Waals surface area contributed by atoms with E-state index < -0.39 is 10.0 Å². The minimum Gasteiger partial charge on any atom is -0.367 e.